The maximum atomic E-state index is 15.0. The Labute approximate surface area is 154 Å². The molecule has 0 bridgehead atoms. The topological polar surface area (TPSA) is 55.4 Å². The van der Waals surface area contributed by atoms with Crippen molar-refractivity contribution in [3.05, 3.63) is 47.5 Å². The number of rotatable bonds is 7. The molecule has 3 atom stereocenters. The van der Waals surface area contributed by atoms with Gasteiger partial charge >= 0.3 is 5.97 Å². The van der Waals surface area contributed by atoms with Crippen molar-refractivity contribution in [2.75, 3.05) is 6.61 Å². The van der Waals surface area contributed by atoms with E-state index < -0.39 is 45.1 Å². The summed E-state index contributed by atoms with van der Waals surface area (Å²) in [5.74, 6) is -3.51. The number of benzene rings is 1. The van der Waals surface area contributed by atoms with Crippen molar-refractivity contribution in [1.82, 2.24) is 4.72 Å². The zero-order chi connectivity index (χ0) is 20.1. The standard InChI is InChI=1S/C18H24F3NO3S/c1-6-25-16(23)14(20)11-15(21)18(5,22-26(24)17(2,3)4)12-9-7-8-10-13(12)19/h7-11,15,22H,6H2,1-5H3/t15-,18+,26+/m0/s1. The molecule has 0 aliphatic heterocycles. The van der Waals surface area contributed by atoms with Crippen LogP contribution in [0.15, 0.2) is 36.2 Å². The highest BCUT2D eigenvalue weighted by atomic mass is 32.2. The lowest BCUT2D eigenvalue weighted by Gasteiger charge is -2.35. The Kier molecular flexibility index (Phi) is 7.58. The summed E-state index contributed by atoms with van der Waals surface area (Å²) < 4.78 is 62.0. The average molecular weight is 391 g/mol. The minimum Gasteiger partial charge on any atom is -0.461 e. The van der Waals surface area contributed by atoms with Crippen LogP contribution in [0.25, 0.3) is 0 Å². The summed E-state index contributed by atoms with van der Waals surface area (Å²) in [6, 6.07) is 5.33. The van der Waals surface area contributed by atoms with Crippen molar-refractivity contribution in [2.45, 2.75) is 51.1 Å². The van der Waals surface area contributed by atoms with Crippen molar-refractivity contribution < 1.29 is 26.9 Å². The number of halogens is 3. The first-order chi connectivity index (χ1) is 11.9. The van der Waals surface area contributed by atoms with Gasteiger partial charge in [-0.1, -0.05) is 18.2 Å². The molecule has 0 unspecified atom stereocenters. The highest BCUT2D eigenvalue weighted by Gasteiger charge is 2.41. The second-order valence-corrected chi connectivity index (χ2v) is 8.77. The van der Waals surface area contributed by atoms with Gasteiger partial charge in [0, 0.05) is 5.56 Å². The van der Waals surface area contributed by atoms with Gasteiger partial charge in [-0.3, -0.25) is 0 Å². The van der Waals surface area contributed by atoms with Gasteiger partial charge in [-0.15, -0.1) is 0 Å². The lowest BCUT2D eigenvalue weighted by Crippen LogP contribution is -2.51. The molecule has 0 amide bonds. The van der Waals surface area contributed by atoms with Crippen molar-refractivity contribution >= 4 is 17.0 Å². The summed E-state index contributed by atoms with van der Waals surface area (Å²) in [5.41, 5.74) is -2.02. The number of esters is 1. The minimum absolute atomic E-state index is 0.0755. The number of nitrogens with one attached hydrogen (secondary N) is 1. The Bertz CT molecular complexity index is 703. The second kappa shape index (κ2) is 8.81. The van der Waals surface area contributed by atoms with Gasteiger partial charge in [-0.2, -0.15) is 4.39 Å². The minimum atomic E-state index is -2.20. The number of carbonyl (C=O) groups excluding carboxylic acids is 1. The van der Waals surface area contributed by atoms with Crippen molar-refractivity contribution in [3.63, 3.8) is 0 Å². The first-order valence-corrected chi connectivity index (χ1v) is 9.21. The Hall–Kier alpha value is -1.67. The molecule has 0 spiro atoms. The van der Waals surface area contributed by atoms with E-state index in [-0.39, 0.29) is 12.2 Å². The van der Waals surface area contributed by atoms with Gasteiger partial charge < -0.3 is 4.74 Å². The number of ether oxygens (including phenoxy) is 1. The Morgan fingerprint density at radius 3 is 2.38 bits per heavy atom. The predicted octanol–water partition coefficient (Wildman–Crippen LogP) is 3.85. The molecule has 0 heterocycles. The van der Waals surface area contributed by atoms with Gasteiger partial charge in [0.25, 0.3) is 0 Å². The van der Waals surface area contributed by atoms with E-state index in [4.69, 9.17) is 0 Å². The molecule has 26 heavy (non-hydrogen) atoms. The number of alkyl halides is 1. The maximum absolute atomic E-state index is 15.0. The van der Waals surface area contributed by atoms with Crippen LogP contribution in [-0.4, -0.2) is 27.7 Å². The molecule has 146 valence electrons. The second-order valence-electron chi connectivity index (χ2n) is 6.80. The van der Waals surface area contributed by atoms with E-state index in [9.17, 15) is 17.8 Å². The average Bonchev–Trinajstić information content (AvgIpc) is 2.54. The highest BCUT2D eigenvalue weighted by molar-refractivity contribution is 7.84. The van der Waals surface area contributed by atoms with E-state index in [1.54, 1.807) is 20.8 Å². The molecule has 0 aromatic heterocycles. The van der Waals surface area contributed by atoms with Crippen LogP contribution in [-0.2, 0) is 26.1 Å². The van der Waals surface area contributed by atoms with Crippen LogP contribution < -0.4 is 4.72 Å². The van der Waals surface area contributed by atoms with E-state index in [1.807, 2.05) is 0 Å². The van der Waals surface area contributed by atoms with E-state index >= 15 is 4.39 Å². The number of hydrogen-bond donors (Lipinski definition) is 1. The first kappa shape index (κ1) is 22.4. The van der Waals surface area contributed by atoms with Crippen LogP contribution in [0.3, 0.4) is 0 Å². The molecule has 0 radical (unpaired) electrons. The molecule has 0 saturated heterocycles. The predicted molar refractivity (Wildman–Crippen MR) is 95.5 cm³/mol. The van der Waals surface area contributed by atoms with Crippen molar-refractivity contribution in [2.24, 2.45) is 0 Å². The lowest BCUT2D eigenvalue weighted by atomic mass is 9.87. The number of hydrogen-bond acceptors (Lipinski definition) is 3. The van der Waals surface area contributed by atoms with Crippen molar-refractivity contribution in [1.29, 1.82) is 0 Å². The molecular weight excluding hydrogens is 367 g/mol. The van der Waals surface area contributed by atoms with Crippen LogP contribution in [0.2, 0.25) is 0 Å². The zero-order valence-corrected chi connectivity index (χ0v) is 16.3. The lowest BCUT2D eigenvalue weighted by molar-refractivity contribution is -0.140. The van der Waals surface area contributed by atoms with Gasteiger partial charge in [0.15, 0.2) is 0 Å². The molecule has 1 aromatic carbocycles. The van der Waals surface area contributed by atoms with Crippen molar-refractivity contribution in [3.8, 4) is 0 Å². The first-order valence-electron chi connectivity index (χ1n) is 8.06. The van der Waals surface area contributed by atoms with Crippen LogP contribution in [0.1, 0.15) is 40.2 Å². The van der Waals surface area contributed by atoms with Crippen LogP contribution in [0.4, 0.5) is 13.2 Å². The van der Waals surface area contributed by atoms with E-state index in [1.165, 1.54) is 32.0 Å². The maximum Gasteiger partial charge on any atom is 0.366 e. The van der Waals surface area contributed by atoms with Crippen LogP contribution in [0.5, 0.6) is 0 Å². The Morgan fingerprint density at radius 2 is 1.88 bits per heavy atom. The molecular formula is C18H24F3NO3S. The summed E-state index contributed by atoms with van der Waals surface area (Å²) >= 11 is 0. The summed E-state index contributed by atoms with van der Waals surface area (Å²) in [5, 5.41) is 0. The van der Waals surface area contributed by atoms with Gasteiger partial charge in [0.2, 0.25) is 5.83 Å². The monoisotopic (exact) mass is 391 g/mol. The summed E-state index contributed by atoms with van der Waals surface area (Å²) in [6.45, 7) is 7.62. The summed E-state index contributed by atoms with van der Waals surface area (Å²) in [6.07, 6.45) is -1.80. The van der Waals surface area contributed by atoms with Crippen LogP contribution in [0, 0.1) is 5.82 Å². The molecule has 1 aromatic rings. The number of carbonyl (C=O) groups is 1. The SMILES string of the molecule is CCOC(=O)C(F)=C[C@H](F)[C@](C)(N[S@](=O)C(C)(C)C)c1ccccc1F. The molecule has 1 N–H and O–H groups in total. The van der Waals surface area contributed by atoms with E-state index in [0.29, 0.717) is 6.08 Å². The normalized spacial score (nSPS) is 17.3. The van der Waals surface area contributed by atoms with Gasteiger partial charge in [-0.25, -0.2) is 22.5 Å². The third-order valence-corrected chi connectivity index (χ3v) is 5.33. The van der Waals surface area contributed by atoms with E-state index in [0.717, 1.165) is 6.07 Å². The van der Waals surface area contributed by atoms with Gasteiger partial charge in [0.1, 0.15) is 12.0 Å². The fourth-order valence-corrected chi connectivity index (χ4v) is 2.96. The summed E-state index contributed by atoms with van der Waals surface area (Å²) in [7, 11) is -1.79. The molecule has 8 heteroatoms. The van der Waals surface area contributed by atoms with Gasteiger partial charge in [0.05, 0.1) is 27.9 Å². The third-order valence-electron chi connectivity index (χ3n) is 3.61. The largest absolute Gasteiger partial charge is 0.461 e. The fourth-order valence-electron chi connectivity index (χ4n) is 2.05. The molecule has 0 aliphatic carbocycles. The molecule has 0 fully saturated rings. The Morgan fingerprint density at radius 1 is 1.31 bits per heavy atom. The summed E-state index contributed by atoms with van der Waals surface area (Å²) in [4.78, 5) is 11.4. The molecule has 0 aliphatic rings. The highest BCUT2D eigenvalue weighted by Crippen LogP contribution is 2.32. The molecule has 0 saturated carbocycles. The Balaban J connectivity index is 3.36. The van der Waals surface area contributed by atoms with Gasteiger partial charge in [-0.05, 0) is 46.8 Å². The van der Waals surface area contributed by atoms with Crippen LogP contribution >= 0.6 is 0 Å². The third kappa shape index (κ3) is 5.41. The smallest absolute Gasteiger partial charge is 0.366 e. The zero-order valence-electron chi connectivity index (χ0n) is 15.4. The van der Waals surface area contributed by atoms with E-state index in [2.05, 4.69) is 9.46 Å². The molecule has 1 rings (SSSR count). The quantitative estimate of drug-likeness (QED) is 0.567. The fraction of sp³-hybridized carbons (Fsp3) is 0.500. The molecule has 4 nitrogen and oxygen atoms in total.